The smallest absolute Gasteiger partial charge is 0.324 e. The number of carbonyl (C=O) groups excluding carboxylic acids is 4. The summed E-state index contributed by atoms with van der Waals surface area (Å²) in [6.45, 7) is 25.3. The van der Waals surface area contributed by atoms with Gasteiger partial charge in [0.15, 0.2) is 0 Å². The largest absolute Gasteiger partial charge is 0.464 e. The molecular formula is C52H71N7O6. The van der Waals surface area contributed by atoms with Crippen molar-refractivity contribution in [2.45, 2.75) is 111 Å². The highest BCUT2D eigenvalue weighted by Gasteiger charge is 2.38. The van der Waals surface area contributed by atoms with Crippen molar-refractivity contribution in [2.24, 2.45) is 22.2 Å². The number of esters is 1. The SMILES string of the molecule is C=CC(=O)N1CCC(CN(C)[C@H](C(=O)N[C@H]2Cc3cccc(c3)-c3ccc4c(c3)c(c(/C(C=C)=C(/N=C\C)[C@H](C)OC)n4CC)CC(C)(C)COC(=O)[C@@H]3CCCN(N3)C2=O)C(C)C)C1. The van der Waals surface area contributed by atoms with E-state index in [1.54, 1.807) is 18.2 Å². The van der Waals surface area contributed by atoms with Crippen molar-refractivity contribution in [2.75, 3.05) is 46.9 Å². The lowest BCUT2D eigenvalue weighted by atomic mass is 9.84. The van der Waals surface area contributed by atoms with Gasteiger partial charge in [-0.2, -0.15) is 0 Å². The topological polar surface area (TPSA) is 138 Å². The number of ether oxygens (including phenoxy) is 2. The van der Waals surface area contributed by atoms with Gasteiger partial charge in [0.1, 0.15) is 12.1 Å². The summed E-state index contributed by atoms with van der Waals surface area (Å²) in [6.07, 6.45) is 7.42. The molecule has 13 heteroatoms. The Bertz CT molecular complexity index is 2330. The van der Waals surface area contributed by atoms with Crippen LogP contribution in [0, 0.1) is 17.3 Å². The lowest BCUT2D eigenvalue weighted by Gasteiger charge is -2.37. The van der Waals surface area contributed by atoms with Crippen LogP contribution in [-0.2, 0) is 48.0 Å². The minimum atomic E-state index is -0.937. The summed E-state index contributed by atoms with van der Waals surface area (Å²) in [7, 11) is 3.62. The molecule has 2 fully saturated rings. The molecule has 3 amide bonds. The number of hydrogen-bond donors (Lipinski definition) is 2. The standard InChI is InChI=1S/C52H71N7O6/c1-12-39(46(53-14-3)34(7)64-11)48-41-29-52(8,9)32-65-51(63)42-20-17-24-59(55-42)50(62)43(27-35-18-16-19-37(26-35)38-21-22-44(40(41)28-38)58(48)15-4)54-49(61)47(33(5)6)56(10)30-36-23-25-57(31-36)45(60)13-2/h12-14,16,18-19,21-22,26,28,33-34,36,42-43,47,55H,1-2,15,17,20,23-25,27,29-32H2,3-11H3,(H,54,61)/b46-39+,53-14-/t34-,36?,42-,43-,47-/m0/s1. The normalized spacial score (nSPS) is 21.9. The molecule has 3 aliphatic heterocycles. The number of nitrogens with one attached hydrogen (secondary N) is 2. The molecule has 5 atom stereocenters. The van der Waals surface area contributed by atoms with Gasteiger partial charge in [-0.25, -0.2) is 5.43 Å². The van der Waals surface area contributed by atoms with E-state index in [4.69, 9.17) is 14.5 Å². The molecule has 3 aromatic rings. The number of carbonyl (C=O) groups is 4. The molecule has 350 valence electrons. The van der Waals surface area contributed by atoms with Crippen LogP contribution in [-0.4, -0.2) is 120 Å². The van der Waals surface area contributed by atoms with Gasteiger partial charge in [0, 0.05) is 74.4 Å². The van der Waals surface area contributed by atoms with E-state index in [9.17, 15) is 19.2 Å². The minimum absolute atomic E-state index is 0.0725. The molecule has 0 spiro atoms. The Morgan fingerprint density at radius 1 is 1.08 bits per heavy atom. The number of benzene rings is 2. The summed E-state index contributed by atoms with van der Waals surface area (Å²) in [4.78, 5) is 64.1. The second-order valence-electron chi connectivity index (χ2n) is 19.1. The van der Waals surface area contributed by atoms with Gasteiger partial charge in [-0.05, 0) is 106 Å². The van der Waals surface area contributed by atoms with Gasteiger partial charge < -0.3 is 24.3 Å². The highest BCUT2D eigenvalue weighted by Crippen LogP contribution is 2.40. The van der Waals surface area contributed by atoms with E-state index < -0.39 is 29.5 Å². The first-order valence-electron chi connectivity index (χ1n) is 23.3. The Hall–Kier alpha value is -5.37. The van der Waals surface area contributed by atoms with Crippen LogP contribution in [0.4, 0.5) is 0 Å². The van der Waals surface area contributed by atoms with Crippen LogP contribution in [0.15, 0.2) is 78.5 Å². The second kappa shape index (κ2) is 21.3. The van der Waals surface area contributed by atoms with Crippen LogP contribution in [0.1, 0.15) is 84.5 Å². The fourth-order valence-electron chi connectivity index (χ4n) is 10.0. The van der Waals surface area contributed by atoms with E-state index in [2.05, 4.69) is 84.5 Å². The third-order valence-corrected chi connectivity index (χ3v) is 13.2. The molecular weight excluding hydrogens is 819 g/mol. The van der Waals surface area contributed by atoms with Crippen molar-refractivity contribution in [3.8, 4) is 11.1 Å². The molecule has 3 aliphatic rings. The van der Waals surface area contributed by atoms with Gasteiger partial charge >= 0.3 is 5.97 Å². The van der Waals surface area contributed by atoms with Crippen LogP contribution in [0.5, 0.6) is 0 Å². The molecule has 0 radical (unpaired) electrons. The lowest BCUT2D eigenvalue weighted by molar-refractivity contribution is -0.155. The number of likely N-dealkylation sites (N-methyl/N-ethyl adjacent to an activating group) is 1. The minimum Gasteiger partial charge on any atom is -0.464 e. The van der Waals surface area contributed by atoms with Crippen molar-refractivity contribution >= 4 is 46.4 Å². The maximum absolute atomic E-state index is 14.7. The number of rotatable bonds is 13. The van der Waals surface area contributed by atoms with E-state index in [0.29, 0.717) is 52.0 Å². The molecule has 1 aromatic heterocycles. The monoisotopic (exact) mass is 890 g/mol. The van der Waals surface area contributed by atoms with E-state index >= 15 is 0 Å². The highest BCUT2D eigenvalue weighted by atomic mass is 16.5. The highest BCUT2D eigenvalue weighted by molar-refractivity contribution is 5.96. The molecule has 0 aliphatic carbocycles. The number of aliphatic imine (C=N–C) groups is 1. The number of methoxy groups -OCH3 is 1. The Morgan fingerprint density at radius 3 is 2.51 bits per heavy atom. The number of aromatic nitrogens is 1. The summed E-state index contributed by atoms with van der Waals surface area (Å²) >= 11 is 0. The first kappa shape index (κ1) is 49.1. The zero-order valence-electron chi connectivity index (χ0n) is 40.1. The van der Waals surface area contributed by atoms with E-state index in [-0.39, 0.29) is 48.7 Å². The Balaban J connectivity index is 1.43. The first-order valence-corrected chi connectivity index (χ1v) is 23.3. The molecule has 2 saturated heterocycles. The average Bonchev–Trinajstić information content (AvgIpc) is 3.88. The van der Waals surface area contributed by atoms with Gasteiger partial charge in [0.05, 0.1) is 30.1 Å². The number of hydrogen-bond acceptors (Lipinski definition) is 9. The number of allylic oxidation sites excluding steroid dienone is 2. The molecule has 2 aromatic carbocycles. The predicted octanol–water partition coefficient (Wildman–Crippen LogP) is 6.99. The zero-order valence-corrected chi connectivity index (χ0v) is 40.1. The quantitative estimate of drug-likeness (QED) is 0.0812. The van der Waals surface area contributed by atoms with Gasteiger partial charge in [0.2, 0.25) is 11.8 Å². The Morgan fingerprint density at radius 2 is 1.83 bits per heavy atom. The predicted molar refractivity (Wildman–Crippen MR) is 259 cm³/mol. The first-order chi connectivity index (χ1) is 31.0. The number of aryl methyl sites for hydroxylation is 1. The maximum Gasteiger partial charge on any atom is 0.324 e. The molecule has 4 heterocycles. The fraction of sp³-hybridized carbons (Fsp3) is 0.519. The molecule has 6 rings (SSSR count). The van der Waals surface area contributed by atoms with Crippen molar-refractivity contribution < 1.29 is 28.7 Å². The number of likely N-dealkylation sites (tertiary alicyclic amines) is 1. The van der Waals surface area contributed by atoms with Crippen molar-refractivity contribution in [1.29, 1.82) is 0 Å². The second-order valence-corrected chi connectivity index (χ2v) is 19.1. The van der Waals surface area contributed by atoms with Crippen molar-refractivity contribution in [3.05, 3.63) is 90.3 Å². The summed E-state index contributed by atoms with van der Waals surface area (Å²) in [5, 5.41) is 5.75. The van der Waals surface area contributed by atoms with E-state index in [1.165, 1.54) is 11.1 Å². The summed E-state index contributed by atoms with van der Waals surface area (Å²) in [6, 6.07) is 12.5. The molecule has 13 nitrogen and oxygen atoms in total. The number of hydrazine groups is 1. The molecule has 6 bridgehead atoms. The Kier molecular flexibility index (Phi) is 16.1. The van der Waals surface area contributed by atoms with Gasteiger partial charge in [0.25, 0.3) is 5.91 Å². The number of fused-ring (bicyclic) bond motifs is 6. The van der Waals surface area contributed by atoms with Gasteiger partial charge in [-0.15, -0.1) is 0 Å². The molecule has 0 saturated carbocycles. The average molecular weight is 890 g/mol. The molecule has 65 heavy (non-hydrogen) atoms. The van der Waals surface area contributed by atoms with Gasteiger partial charge in [-0.1, -0.05) is 77.3 Å². The van der Waals surface area contributed by atoms with Crippen LogP contribution >= 0.6 is 0 Å². The molecule has 1 unspecified atom stereocenters. The van der Waals surface area contributed by atoms with Crippen LogP contribution < -0.4 is 10.7 Å². The third kappa shape index (κ3) is 11.0. The van der Waals surface area contributed by atoms with Crippen LogP contribution in [0.2, 0.25) is 0 Å². The van der Waals surface area contributed by atoms with E-state index in [1.807, 2.05) is 53.0 Å². The number of amides is 3. The lowest BCUT2D eigenvalue weighted by Crippen LogP contribution is -2.62. The Labute approximate surface area is 385 Å². The van der Waals surface area contributed by atoms with Gasteiger partial charge in [-0.3, -0.25) is 34.1 Å². The number of nitrogens with zero attached hydrogens (tertiary/aromatic N) is 5. The maximum atomic E-state index is 14.7. The molecule has 2 N–H and O–H groups in total. The van der Waals surface area contributed by atoms with Crippen LogP contribution in [0.3, 0.4) is 0 Å². The van der Waals surface area contributed by atoms with E-state index in [0.717, 1.165) is 56.5 Å². The third-order valence-electron chi connectivity index (χ3n) is 13.2. The summed E-state index contributed by atoms with van der Waals surface area (Å²) in [5.74, 6) is -0.943. The van der Waals surface area contributed by atoms with Crippen molar-refractivity contribution in [3.63, 3.8) is 0 Å². The zero-order chi connectivity index (χ0) is 47.2. The number of cyclic esters (lactones) is 1. The summed E-state index contributed by atoms with van der Waals surface area (Å²) in [5.41, 5.74) is 10.4. The van der Waals surface area contributed by atoms with Crippen molar-refractivity contribution in [1.82, 2.24) is 30.1 Å². The fourth-order valence-corrected chi connectivity index (χ4v) is 10.0. The van der Waals surface area contributed by atoms with Crippen LogP contribution in [0.25, 0.3) is 27.6 Å². The summed E-state index contributed by atoms with van der Waals surface area (Å²) < 4.78 is 14.3.